The summed E-state index contributed by atoms with van der Waals surface area (Å²) in [5, 5.41) is 7.77. The van der Waals surface area contributed by atoms with Crippen molar-refractivity contribution in [2.24, 2.45) is 11.7 Å². The van der Waals surface area contributed by atoms with Gasteiger partial charge in [-0.25, -0.2) is 22.9 Å². The molecule has 1 saturated heterocycles. The van der Waals surface area contributed by atoms with Gasteiger partial charge in [0.05, 0.1) is 53.7 Å². The monoisotopic (exact) mass is 608 g/mol. The molecule has 232 valence electrons. The first-order valence-electron chi connectivity index (χ1n) is 14.7. The van der Waals surface area contributed by atoms with E-state index in [4.69, 9.17) is 10.5 Å². The SMILES string of the molecule is COC(=O)N(C)C1C(C)CN(c2ccncc2Nc2ncc3ccc(-c4c(F)cc(C5(F)CCCC5)cc4F)nn23)CC1N. The molecule has 13 heteroatoms. The molecule has 4 heterocycles. The van der Waals surface area contributed by atoms with Gasteiger partial charge in [-0.2, -0.15) is 9.61 Å². The Bertz CT molecular complexity index is 1660. The van der Waals surface area contributed by atoms with Gasteiger partial charge in [0.25, 0.3) is 0 Å². The van der Waals surface area contributed by atoms with Crippen LogP contribution < -0.4 is 16.0 Å². The van der Waals surface area contributed by atoms with Crippen LogP contribution >= 0.6 is 0 Å². The van der Waals surface area contributed by atoms with Gasteiger partial charge in [-0.15, -0.1) is 0 Å². The summed E-state index contributed by atoms with van der Waals surface area (Å²) in [6.07, 6.45) is 6.35. The first-order valence-corrected chi connectivity index (χ1v) is 14.7. The number of methoxy groups -OCH3 is 1. The van der Waals surface area contributed by atoms with E-state index in [1.54, 1.807) is 36.6 Å². The number of aromatic nitrogens is 4. The summed E-state index contributed by atoms with van der Waals surface area (Å²) in [7, 11) is 3.03. The number of carbonyl (C=O) groups excluding carboxylic acids is 1. The molecule has 10 nitrogen and oxygen atoms in total. The van der Waals surface area contributed by atoms with Gasteiger partial charge in [0.15, 0.2) is 0 Å². The van der Waals surface area contributed by atoms with Crippen LogP contribution in [0.3, 0.4) is 0 Å². The Kier molecular flexibility index (Phi) is 7.82. The van der Waals surface area contributed by atoms with Crippen molar-refractivity contribution < 1.29 is 22.7 Å². The Morgan fingerprint density at radius 2 is 1.86 bits per heavy atom. The molecular weight excluding hydrogens is 573 g/mol. The Labute approximate surface area is 253 Å². The maximum atomic E-state index is 15.3. The molecule has 0 spiro atoms. The molecule has 0 bridgehead atoms. The van der Waals surface area contributed by atoms with Gasteiger partial charge < -0.3 is 25.6 Å². The number of carbonyl (C=O) groups is 1. The summed E-state index contributed by atoms with van der Waals surface area (Å²) in [5.41, 5.74) is 6.62. The second kappa shape index (κ2) is 11.6. The number of rotatable bonds is 6. The Hall–Kier alpha value is -4.39. The fourth-order valence-corrected chi connectivity index (χ4v) is 6.73. The van der Waals surface area contributed by atoms with Crippen molar-refractivity contribution in [1.29, 1.82) is 0 Å². The van der Waals surface area contributed by atoms with Crippen molar-refractivity contribution in [3.8, 4) is 11.3 Å². The lowest BCUT2D eigenvalue weighted by Crippen LogP contribution is -2.62. The molecule has 6 rings (SSSR count). The third-order valence-electron chi connectivity index (χ3n) is 8.85. The predicted octanol–water partition coefficient (Wildman–Crippen LogP) is 5.40. The fourth-order valence-electron chi connectivity index (χ4n) is 6.73. The van der Waals surface area contributed by atoms with Crippen molar-refractivity contribution in [2.75, 3.05) is 37.5 Å². The average Bonchev–Trinajstić information content (AvgIpc) is 3.63. The zero-order chi connectivity index (χ0) is 31.2. The van der Waals surface area contributed by atoms with E-state index in [-0.39, 0.29) is 47.7 Å². The largest absolute Gasteiger partial charge is 0.453 e. The predicted molar refractivity (Wildman–Crippen MR) is 160 cm³/mol. The Balaban J connectivity index is 1.28. The number of hydrogen-bond acceptors (Lipinski definition) is 8. The highest BCUT2D eigenvalue weighted by Crippen LogP contribution is 2.44. The van der Waals surface area contributed by atoms with Crippen LogP contribution in [-0.2, 0) is 10.4 Å². The number of nitrogens with one attached hydrogen (secondary N) is 1. The van der Waals surface area contributed by atoms with E-state index in [9.17, 15) is 4.79 Å². The van der Waals surface area contributed by atoms with Crippen molar-refractivity contribution >= 4 is 28.9 Å². The zero-order valence-corrected chi connectivity index (χ0v) is 24.8. The van der Waals surface area contributed by atoms with Crippen molar-refractivity contribution in [2.45, 2.75) is 50.4 Å². The Morgan fingerprint density at radius 1 is 1.14 bits per heavy atom. The molecule has 1 aliphatic carbocycles. The van der Waals surface area contributed by atoms with Gasteiger partial charge in [0.2, 0.25) is 5.95 Å². The number of likely N-dealkylation sites (N-methyl/N-ethyl adjacent to an activating group) is 1. The number of nitrogens with zero attached hydrogens (tertiary/aromatic N) is 6. The van der Waals surface area contributed by atoms with E-state index in [0.29, 0.717) is 43.1 Å². The maximum absolute atomic E-state index is 15.3. The van der Waals surface area contributed by atoms with E-state index in [2.05, 4.69) is 25.3 Å². The van der Waals surface area contributed by atoms with Crippen molar-refractivity contribution in [3.05, 3.63) is 66.1 Å². The van der Waals surface area contributed by atoms with E-state index in [0.717, 1.165) is 17.8 Å². The number of hydrogen-bond donors (Lipinski definition) is 2. The van der Waals surface area contributed by atoms with Crippen LogP contribution in [0.25, 0.3) is 16.8 Å². The van der Waals surface area contributed by atoms with E-state index < -0.39 is 23.4 Å². The van der Waals surface area contributed by atoms with Gasteiger partial charge >= 0.3 is 6.09 Å². The van der Waals surface area contributed by atoms with E-state index in [1.165, 1.54) is 17.7 Å². The number of piperidine rings is 1. The van der Waals surface area contributed by atoms with Gasteiger partial charge in [-0.3, -0.25) is 4.98 Å². The number of halogens is 3. The summed E-state index contributed by atoms with van der Waals surface area (Å²) in [5.74, 6) is -1.41. The molecular formula is C31H35F3N8O2. The Morgan fingerprint density at radius 3 is 2.55 bits per heavy atom. The highest BCUT2D eigenvalue weighted by Gasteiger charge is 2.39. The van der Waals surface area contributed by atoms with Crippen molar-refractivity contribution in [1.82, 2.24) is 24.5 Å². The molecule has 3 unspecified atom stereocenters. The van der Waals surface area contributed by atoms with Gasteiger partial charge in [-0.05, 0) is 67.5 Å². The molecule has 1 aromatic carbocycles. The van der Waals surface area contributed by atoms with Crippen LogP contribution in [0.4, 0.5) is 35.3 Å². The molecule has 3 N–H and O–H groups in total. The highest BCUT2D eigenvalue weighted by molar-refractivity contribution is 5.74. The maximum Gasteiger partial charge on any atom is 0.409 e. The molecule has 3 atom stereocenters. The molecule has 3 aromatic heterocycles. The minimum atomic E-state index is -1.71. The molecule has 44 heavy (non-hydrogen) atoms. The quantitative estimate of drug-likeness (QED) is 0.299. The lowest BCUT2D eigenvalue weighted by Gasteiger charge is -2.45. The number of nitrogens with two attached hydrogens (primary N) is 1. The minimum absolute atomic E-state index is 0.0254. The highest BCUT2D eigenvalue weighted by atomic mass is 19.1. The molecule has 2 aliphatic rings. The normalized spacial score (nSPS) is 21.4. The number of benzene rings is 1. The molecule has 4 aromatic rings. The molecule has 1 aliphatic heterocycles. The molecule has 1 saturated carbocycles. The zero-order valence-electron chi connectivity index (χ0n) is 24.8. The number of anilines is 3. The van der Waals surface area contributed by atoms with Gasteiger partial charge in [0.1, 0.15) is 17.3 Å². The number of imidazole rings is 1. The topological polar surface area (TPSA) is 114 Å². The van der Waals surface area contributed by atoms with Gasteiger partial charge in [0, 0.05) is 32.4 Å². The summed E-state index contributed by atoms with van der Waals surface area (Å²) in [4.78, 5) is 24.6. The first kappa shape index (κ1) is 29.7. The fraction of sp³-hybridized carbons (Fsp3) is 0.419. The van der Waals surface area contributed by atoms with Crippen LogP contribution in [0.5, 0.6) is 0 Å². The second-order valence-electron chi connectivity index (χ2n) is 11.8. The minimum Gasteiger partial charge on any atom is -0.453 e. The van der Waals surface area contributed by atoms with Crippen LogP contribution in [0.1, 0.15) is 38.2 Å². The molecule has 0 radical (unpaired) electrons. The first-order chi connectivity index (χ1) is 21.1. The smallest absolute Gasteiger partial charge is 0.409 e. The lowest BCUT2D eigenvalue weighted by molar-refractivity contribution is 0.0906. The third kappa shape index (κ3) is 5.29. The van der Waals surface area contributed by atoms with Crippen LogP contribution in [-0.4, -0.2) is 69.9 Å². The summed E-state index contributed by atoms with van der Waals surface area (Å²) in [6, 6.07) is 6.64. The summed E-state index contributed by atoms with van der Waals surface area (Å²) < 4.78 is 52.3. The van der Waals surface area contributed by atoms with Crippen LogP contribution in [0, 0.1) is 17.6 Å². The average molecular weight is 609 g/mol. The standard InChI is InChI=1S/C31H35F3N8O2/c1-18-16-41(17-23(35)28(18)40(2)30(43)44-3)26-8-11-36-15-25(26)38-29-37-14-20-6-7-24(39-42(20)29)27-21(32)12-19(13-22(27)33)31(34)9-4-5-10-31/h6-8,11-15,18,23,28H,4-5,9-10,16-17,35H2,1-3H3,(H,37,38). The number of ether oxygens (including phenoxy) is 1. The summed E-state index contributed by atoms with van der Waals surface area (Å²) >= 11 is 0. The summed E-state index contributed by atoms with van der Waals surface area (Å²) in [6.45, 7) is 3.11. The van der Waals surface area contributed by atoms with Crippen LogP contribution in [0.2, 0.25) is 0 Å². The third-order valence-corrected chi connectivity index (χ3v) is 8.85. The van der Waals surface area contributed by atoms with Gasteiger partial charge in [-0.1, -0.05) is 6.92 Å². The molecule has 2 fully saturated rings. The molecule has 1 amide bonds. The van der Waals surface area contributed by atoms with Crippen molar-refractivity contribution in [3.63, 3.8) is 0 Å². The van der Waals surface area contributed by atoms with Crippen LogP contribution in [0.15, 0.2) is 48.9 Å². The number of pyridine rings is 1. The second-order valence-corrected chi connectivity index (χ2v) is 11.8. The number of alkyl halides is 1. The van der Waals surface area contributed by atoms with E-state index >= 15 is 13.2 Å². The number of amides is 1. The number of fused-ring (bicyclic) bond motifs is 1. The van der Waals surface area contributed by atoms with E-state index in [1.807, 2.05) is 13.0 Å². The lowest BCUT2D eigenvalue weighted by atomic mass is 9.89.